The third kappa shape index (κ3) is 5.37. The molecule has 2 N–H and O–H groups in total. The van der Waals surface area contributed by atoms with Crippen LogP contribution in [0.15, 0.2) is 25.3 Å². The normalized spacial score (nSPS) is 11.9. The molecule has 0 aliphatic heterocycles. The Labute approximate surface area is 92.6 Å². The molecule has 0 rings (SSSR count). The number of hydrogen-bond acceptors (Lipinski definition) is 2. The minimum Gasteiger partial charge on any atom is -0.335 e. The summed E-state index contributed by atoms with van der Waals surface area (Å²) in [6.07, 6.45) is 4.92. The summed E-state index contributed by atoms with van der Waals surface area (Å²) in [4.78, 5) is 13.6. The summed E-state index contributed by atoms with van der Waals surface area (Å²) in [5.74, 6) is 0.418. The van der Waals surface area contributed by atoms with Crippen LogP contribution in [-0.4, -0.2) is 30.4 Å². The lowest BCUT2D eigenvalue weighted by atomic mass is 10.0. The van der Waals surface area contributed by atoms with E-state index in [0.29, 0.717) is 26.1 Å². The molecular formula is C12H22N2O. The second-order valence-electron chi connectivity index (χ2n) is 3.59. The van der Waals surface area contributed by atoms with Crippen molar-refractivity contribution >= 4 is 5.91 Å². The van der Waals surface area contributed by atoms with Crippen molar-refractivity contribution in [3.63, 3.8) is 0 Å². The van der Waals surface area contributed by atoms with Gasteiger partial charge in [0.1, 0.15) is 0 Å². The molecule has 1 unspecified atom stereocenters. The van der Waals surface area contributed by atoms with Gasteiger partial charge in [0.25, 0.3) is 0 Å². The van der Waals surface area contributed by atoms with Crippen molar-refractivity contribution in [2.24, 2.45) is 11.7 Å². The Morgan fingerprint density at radius 2 is 1.93 bits per heavy atom. The van der Waals surface area contributed by atoms with Gasteiger partial charge in [0.05, 0.1) is 0 Å². The summed E-state index contributed by atoms with van der Waals surface area (Å²) < 4.78 is 0. The minimum atomic E-state index is 0.132. The second kappa shape index (κ2) is 8.24. The van der Waals surface area contributed by atoms with E-state index in [9.17, 15) is 4.79 Å². The van der Waals surface area contributed by atoms with Gasteiger partial charge >= 0.3 is 0 Å². The lowest BCUT2D eigenvalue weighted by molar-refractivity contribution is -0.131. The Kier molecular flexibility index (Phi) is 7.64. The fourth-order valence-corrected chi connectivity index (χ4v) is 1.36. The molecule has 0 bridgehead atoms. The first kappa shape index (κ1) is 13.9. The van der Waals surface area contributed by atoms with Crippen molar-refractivity contribution in [2.75, 3.05) is 19.6 Å². The Hall–Kier alpha value is -1.09. The highest BCUT2D eigenvalue weighted by atomic mass is 16.2. The lowest BCUT2D eigenvalue weighted by Crippen LogP contribution is -2.33. The van der Waals surface area contributed by atoms with Crippen molar-refractivity contribution in [3.8, 4) is 0 Å². The number of nitrogens with zero attached hydrogens (tertiary/aromatic N) is 1. The van der Waals surface area contributed by atoms with Crippen LogP contribution in [0.2, 0.25) is 0 Å². The van der Waals surface area contributed by atoms with Gasteiger partial charge in [-0.1, -0.05) is 25.5 Å². The Morgan fingerprint density at radius 1 is 1.40 bits per heavy atom. The molecule has 0 aliphatic carbocycles. The van der Waals surface area contributed by atoms with Gasteiger partial charge in [-0.05, 0) is 12.5 Å². The van der Waals surface area contributed by atoms with Crippen LogP contribution in [-0.2, 0) is 4.79 Å². The van der Waals surface area contributed by atoms with E-state index in [-0.39, 0.29) is 11.8 Å². The third-order valence-corrected chi connectivity index (χ3v) is 2.43. The van der Waals surface area contributed by atoms with Crippen molar-refractivity contribution < 1.29 is 4.79 Å². The molecule has 1 atom stereocenters. The van der Waals surface area contributed by atoms with Crippen LogP contribution < -0.4 is 5.73 Å². The van der Waals surface area contributed by atoms with Gasteiger partial charge in [-0.3, -0.25) is 4.79 Å². The van der Waals surface area contributed by atoms with Gasteiger partial charge in [-0.15, -0.1) is 13.2 Å². The highest BCUT2D eigenvalue weighted by Gasteiger charge is 2.15. The van der Waals surface area contributed by atoms with Crippen LogP contribution in [0.4, 0.5) is 0 Å². The van der Waals surface area contributed by atoms with E-state index in [0.717, 1.165) is 6.42 Å². The molecule has 3 heteroatoms. The summed E-state index contributed by atoms with van der Waals surface area (Å²) in [7, 11) is 0. The molecular weight excluding hydrogens is 188 g/mol. The second-order valence-corrected chi connectivity index (χ2v) is 3.59. The first-order valence-electron chi connectivity index (χ1n) is 5.39. The van der Waals surface area contributed by atoms with Gasteiger partial charge in [-0.2, -0.15) is 0 Å². The molecule has 15 heavy (non-hydrogen) atoms. The molecule has 0 saturated carbocycles. The first-order valence-corrected chi connectivity index (χ1v) is 5.39. The van der Waals surface area contributed by atoms with Crippen LogP contribution in [0.25, 0.3) is 0 Å². The zero-order valence-electron chi connectivity index (χ0n) is 9.61. The van der Waals surface area contributed by atoms with Crippen molar-refractivity contribution in [1.29, 1.82) is 0 Å². The van der Waals surface area contributed by atoms with Crippen molar-refractivity contribution in [1.82, 2.24) is 4.90 Å². The van der Waals surface area contributed by atoms with E-state index < -0.39 is 0 Å². The fourth-order valence-electron chi connectivity index (χ4n) is 1.36. The zero-order valence-corrected chi connectivity index (χ0v) is 9.61. The SMILES string of the molecule is C=CCN(CC=C)C(=O)CC(CC)CN. The fraction of sp³-hybridized carbons (Fsp3) is 0.583. The largest absolute Gasteiger partial charge is 0.335 e. The Balaban J connectivity index is 4.22. The summed E-state index contributed by atoms with van der Waals surface area (Å²) in [6, 6.07) is 0. The maximum absolute atomic E-state index is 11.8. The summed E-state index contributed by atoms with van der Waals surface area (Å²) in [5, 5.41) is 0. The molecule has 86 valence electrons. The molecule has 0 aromatic heterocycles. The molecule has 0 heterocycles. The molecule has 1 amide bonds. The number of nitrogens with two attached hydrogens (primary N) is 1. The van der Waals surface area contributed by atoms with E-state index in [4.69, 9.17) is 5.73 Å². The average Bonchev–Trinajstić information content (AvgIpc) is 2.25. The molecule has 0 aromatic carbocycles. The molecule has 0 spiro atoms. The summed E-state index contributed by atoms with van der Waals surface area (Å²) in [5.41, 5.74) is 5.57. The predicted molar refractivity (Wildman–Crippen MR) is 64.4 cm³/mol. The zero-order chi connectivity index (χ0) is 11.7. The average molecular weight is 210 g/mol. The standard InChI is InChI=1S/C12H22N2O/c1-4-7-14(8-5-2)12(15)9-11(6-3)10-13/h4-5,11H,1-2,6-10,13H2,3H3. The molecule has 0 fully saturated rings. The maximum Gasteiger partial charge on any atom is 0.223 e. The Morgan fingerprint density at radius 3 is 2.27 bits per heavy atom. The van der Waals surface area contributed by atoms with E-state index >= 15 is 0 Å². The maximum atomic E-state index is 11.8. The van der Waals surface area contributed by atoms with Gasteiger partial charge in [0, 0.05) is 19.5 Å². The Bertz CT molecular complexity index is 200. The van der Waals surface area contributed by atoms with E-state index in [1.165, 1.54) is 0 Å². The van der Waals surface area contributed by atoms with Gasteiger partial charge < -0.3 is 10.6 Å². The summed E-state index contributed by atoms with van der Waals surface area (Å²) in [6.45, 7) is 11.0. The van der Waals surface area contributed by atoms with Gasteiger partial charge in [-0.25, -0.2) is 0 Å². The summed E-state index contributed by atoms with van der Waals surface area (Å²) >= 11 is 0. The van der Waals surface area contributed by atoms with Crippen LogP contribution in [0, 0.1) is 5.92 Å². The van der Waals surface area contributed by atoms with Crippen molar-refractivity contribution in [3.05, 3.63) is 25.3 Å². The molecule has 0 aliphatic rings. The minimum absolute atomic E-state index is 0.132. The topological polar surface area (TPSA) is 46.3 Å². The third-order valence-electron chi connectivity index (χ3n) is 2.43. The lowest BCUT2D eigenvalue weighted by Gasteiger charge is -2.21. The number of carbonyl (C=O) groups is 1. The quantitative estimate of drug-likeness (QED) is 0.618. The van der Waals surface area contributed by atoms with Gasteiger partial charge in [0.2, 0.25) is 5.91 Å². The van der Waals surface area contributed by atoms with E-state index in [2.05, 4.69) is 20.1 Å². The van der Waals surface area contributed by atoms with Crippen LogP contribution in [0.3, 0.4) is 0 Å². The van der Waals surface area contributed by atoms with Crippen LogP contribution >= 0.6 is 0 Å². The first-order chi connectivity index (χ1) is 7.19. The van der Waals surface area contributed by atoms with Crippen molar-refractivity contribution in [2.45, 2.75) is 19.8 Å². The molecule has 0 saturated heterocycles. The highest BCUT2D eigenvalue weighted by Crippen LogP contribution is 2.08. The molecule has 3 nitrogen and oxygen atoms in total. The number of rotatable bonds is 8. The highest BCUT2D eigenvalue weighted by molar-refractivity contribution is 5.76. The van der Waals surface area contributed by atoms with E-state index in [1.54, 1.807) is 17.1 Å². The number of carbonyl (C=O) groups excluding carboxylic acids is 1. The monoisotopic (exact) mass is 210 g/mol. The van der Waals surface area contributed by atoms with Crippen LogP contribution in [0.1, 0.15) is 19.8 Å². The smallest absolute Gasteiger partial charge is 0.223 e. The molecule has 0 aromatic rings. The number of hydrogen-bond donors (Lipinski definition) is 1. The molecule has 0 radical (unpaired) electrons. The van der Waals surface area contributed by atoms with Gasteiger partial charge in [0.15, 0.2) is 0 Å². The van der Waals surface area contributed by atoms with E-state index in [1.807, 2.05) is 0 Å². The van der Waals surface area contributed by atoms with Crippen LogP contribution in [0.5, 0.6) is 0 Å². The predicted octanol–water partition coefficient (Wildman–Crippen LogP) is 1.56. The number of amides is 1.